The Morgan fingerprint density at radius 1 is 0.333 bits per heavy atom. The Balaban J connectivity index is -0.0000000211. The molecule has 0 aliphatic carbocycles. The van der Waals surface area contributed by atoms with E-state index in [1.807, 2.05) is 6.07 Å². The summed E-state index contributed by atoms with van der Waals surface area (Å²) in [7, 11) is 0. The molecule has 0 N–H and O–H groups in total. The van der Waals surface area contributed by atoms with Gasteiger partial charge in [0.25, 0.3) is 0 Å². The van der Waals surface area contributed by atoms with Crippen molar-refractivity contribution in [2.75, 3.05) is 0 Å². The van der Waals surface area contributed by atoms with Gasteiger partial charge in [0.1, 0.15) is 0 Å². The molecule has 1 rings (SSSR count). The van der Waals surface area contributed by atoms with Crippen LogP contribution in [0.25, 0.3) is 0 Å². The lowest BCUT2D eigenvalue weighted by Crippen LogP contribution is -1.76. The Hall–Kier alpha value is -0.780. The van der Waals surface area contributed by atoms with Crippen LogP contribution in [0.5, 0.6) is 0 Å². The highest BCUT2D eigenvalue weighted by molar-refractivity contribution is 5.13. The molecular formula is C36H90. The van der Waals surface area contributed by atoms with Crippen molar-refractivity contribution in [3.05, 3.63) is 35.9 Å². The molecule has 234 valence electrons. The van der Waals surface area contributed by atoms with Crippen molar-refractivity contribution in [3.8, 4) is 0 Å². The molecule has 0 aromatic heterocycles. The van der Waals surface area contributed by atoms with Gasteiger partial charge in [0.05, 0.1) is 0 Å². The third-order valence-corrected chi connectivity index (χ3v) is 4.67. The van der Waals surface area contributed by atoms with Gasteiger partial charge in [0, 0.05) is 0 Å². The summed E-state index contributed by atoms with van der Waals surface area (Å²) >= 11 is 0. The predicted octanol–water partition coefficient (Wildman–Crippen LogP) is 16.1. The van der Waals surface area contributed by atoms with Crippen LogP contribution >= 0.6 is 0 Å². The highest BCUT2D eigenvalue weighted by atomic mass is 13.9. The molecule has 0 bridgehead atoms. The van der Waals surface area contributed by atoms with Crippen LogP contribution in [0.4, 0.5) is 0 Å². The van der Waals surface area contributed by atoms with E-state index in [2.05, 4.69) is 58.9 Å². The Labute approximate surface area is 240 Å². The van der Waals surface area contributed by atoms with Crippen LogP contribution in [-0.2, 0) is 6.42 Å². The summed E-state index contributed by atoms with van der Waals surface area (Å²) in [4.78, 5) is 0. The van der Waals surface area contributed by atoms with E-state index in [-0.39, 0.29) is 74.3 Å². The highest BCUT2D eigenvalue weighted by Gasteiger charge is 1.86. The zero-order chi connectivity index (χ0) is 19.7. The van der Waals surface area contributed by atoms with Crippen LogP contribution in [0.3, 0.4) is 0 Å². The van der Waals surface area contributed by atoms with Gasteiger partial charge in [-0.3, -0.25) is 0 Å². The molecule has 36 heavy (non-hydrogen) atoms. The number of hydrogen-bond acceptors (Lipinski definition) is 0. The number of unbranched alkanes of at least 4 members (excludes halogenated alkanes) is 12. The van der Waals surface area contributed by atoms with Crippen molar-refractivity contribution in [2.24, 2.45) is 0 Å². The van der Waals surface area contributed by atoms with E-state index in [1.54, 1.807) is 0 Å². The van der Waals surface area contributed by atoms with E-state index in [1.165, 1.54) is 95.5 Å². The molecule has 0 unspecified atom stereocenters. The molecule has 0 heterocycles. The van der Waals surface area contributed by atoms with Gasteiger partial charge in [0.15, 0.2) is 0 Å². The lowest BCUT2D eigenvalue weighted by molar-refractivity contribution is 0.602. The minimum Gasteiger partial charge on any atom is -0.0776 e. The molecule has 0 spiro atoms. The van der Waals surface area contributed by atoms with Crippen molar-refractivity contribution in [3.63, 3.8) is 0 Å². The largest absolute Gasteiger partial charge is 0.0776 e. The predicted molar refractivity (Wildman–Crippen MR) is 190 cm³/mol. The fourth-order valence-corrected chi connectivity index (χ4v) is 2.77. The summed E-state index contributed by atoms with van der Waals surface area (Å²) in [6.45, 7) is 11.2. The van der Waals surface area contributed by atoms with E-state index in [0.717, 1.165) is 6.42 Å². The zero-order valence-electron chi connectivity index (χ0n) is 19.0. The Morgan fingerprint density at radius 2 is 0.556 bits per heavy atom. The standard InChI is InChI=1S/2C9H20.C8H10.10CH4/c2*1-3-5-7-9-8-6-4-2;1-2-8-6-4-3-5-7-8;;;;;;;;;;/h2*3-9H2,1-2H3;3-7H,2H2,1H3;10*1H4. The average molecular weight is 523 g/mol. The van der Waals surface area contributed by atoms with Gasteiger partial charge >= 0.3 is 0 Å². The van der Waals surface area contributed by atoms with Gasteiger partial charge in [-0.15, -0.1) is 0 Å². The number of benzene rings is 1. The first-order valence-corrected chi connectivity index (χ1v) is 11.8. The monoisotopic (exact) mass is 523 g/mol. The maximum Gasteiger partial charge on any atom is -0.0307 e. The molecule has 1 aromatic carbocycles. The van der Waals surface area contributed by atoms with Gasteiger partial charge in [-0.2, -0.15) is 0 Å². The molecule has 0 radical (unpaired) electrons. The fraction of sp³-hybridized carbons (Fsp3) is 0.833. The molecule has 0 heteroatoms. The van der Waals surface area contributed by atoms with Crippen LogP contribution in [0.15, 0.2) is 30.3 Å². The van der Waals surface area contributed by atoms with E-state index in [9.17, 15) is 0 Å². The molecule has 1 aromatic rings. The summed E-state index contributed by atoms with van der Waals surface area (Å²) in [6, 6.07) is 10.5. The van der Waals surface area contributed by atoms with Gasteiger partial charge in [-0.1, -0.05) is 229 Å². The number of hydrogen-bond donors (Lipinski definition) is 0. The minimum atomic E-state index is 0. The van der Waals surface area contributed by atoms with Gasteiger partial charge in [0.2, 0.25) is 0 Å². The van der Waals surface area contributed by atoms with Crippen LogP contribution < -0.4 is 0 Å². The Bertz CT molecular complexity index is 288. The van der Waals surface area contributed by atoms with Gasteiger partial charge < -0.3 is 0 Å². The molecular weight excluding hydrogens is 432 g/mol. The summed E-state index contributed by atoms with van der Waals surface area (Å²) < 4.78 is 0. The molecule has 0 saturated heterocycles. The topological polar surface area (TPSA) is 0 Å². The average Bonchev–Trinajstić information content (AvgIpc) is 2.69. The highest BCUT2D eigenvalue weighted by Crippen LogP contribution is 2.06. The minimum absolute atomic E-state index is 0. The first kappa shape index (κ1) is 76.5. The third-order valence-electron chi connectivity index (χ3n) is 4.67. The zero-order valence-corrected chi connectivity index (χ0v) is 19.0. The lowest BCUT2D eigenvalue weighted by atomic mass is 10.1. The van der Waals surface area contributed by atoms with Crippen LogP contribution in [0.1, 0.15) is 204 Å². The van der Waals surface area contributed by atoms with E-state index in [0.29, 0.717) is 0 Å². The molecule has 0 amide bonds. The summed E-state index contributed by atoms with van der Waals surface area (Å²) in [5, 5.41) is 0. The van der Waals surface area contributed by atoms with E-state index < -0.39 is 0 Å². The second-order valence-electron chi connectivity index (χ2n) is 7.37. The molecule has 0 nitrogen and oxygen atoms in total. The molecule has 0 atom stereocenters. The van der Waals surface area contributed by atoms with Gasteiger partial charge in [-0.25, -0.2) is 0 Å². The Morgan fingerprint density at radius 3 is 0.722 bits per heavy atom. The molecule has 0 saturated carbocycles. The second-order valence-corrected chi connectivity index (χ2v) is 7.37. The van der Waals surface area contributed by atoms with Crippen molar-refractivity contribution in [1.29, 1.82) is 0 Å². The lowest BCUT2D eigenvalue weighted by Gasteiger charge is -1.96. The normalized spacial score (nSPS) is 7.03. The third kappa shape index (κ3) is 76.6. The maximum atomic E-state index is 2.26. The van der Waals surface area contributed by atoms with Crippen molar-refractivity contribution in [2.45, 2.75) is 205 Å². The second kappa shape index (κ2) is 76.5. The summed E-state index contributed by atoms with van der Waals surface area (Å²) in [5.74, 6) is 0. The molecule has 0 fully saturated rings. The maximum absolute atomic E-state index is 2.26. The van der Waals surface area contributed by atoms with Crippen LogP contribution in [-0.4, -0.2) is 0 Å². The van der Waals surface area contributed by atoms with Gasteiger partial charge in [-0.05, 0) is 12.0 Å². The van der Waals surface area contributed by atoms with E-state index >= 15 is 0 Å². The smallest absolute Gasteiger partial charge is 0.0307 e. The molecule has 0 aliphatic heterocycles. The number of rotatable bonds is 13. The van der Waals surface area contributed by atoms with Crippen LogP contribution in [0.2, 0.25) is 0 Å². The first-order chi connectivity index (χ1) is 12.8. The van der Waals surface area contributed by atoms with Crippen molar-refractivity contribution in [1.82, 2.24) is 0 Å². The Kier molecular flexibility index (Phi) is 163. The van der Waals surface area contributed by atoms with Crippen molar-refractivity contribution < 1.29 is 0 Å². The first-order valence-electron chi connectivity index (χ1n) is 11.8. The summed E-state index contributed by atoms with van der Waals surface area (Å²) in [6.07, 6.45) is 21.1. The van der Waals surface area contributed by atoms with E-state index in [4.69, 9.17) is 0 Å². The van der Waals surface area contributed by atoms with Crippen molar-refractivity contribution >= 4 is 0 Å². The SMILES string of the molecule is C.C.C.C.C.C.C.C.C.C.CCCCCCCCC.CCCCCCCCC.CCc1ccccc1. The fourth-order valence-electron chi connectivity index (χ4n) is 2.77. The van der Waals surface area contributed by atoms with Crippen LogP contribution in [0, 0.1) is 0 Å². The quantitative estimate of drug-likeness (QED) is 0.226. The molecule has 0 aliphatic rings. The number of aryl methyl sites for hydroxylation is 1. The summed E-state index contributed by atoms with van der Waals surface area (Å²) in [5.41, 5.74) is 1.41.